The third kappa shape index (κ3) is 2.38. The molecule has 0 aromatic rings. The summed E-state index contributed by atoms with van der Waals surface area (Å²) in [6, 6.07) is 0. The van der Waals surface area contributed by atoms with Crippen molar-refractivity contribution in [2.45, 2.75) is 12.7 Å². The maximum absolute atomic E-state index is 5.59. The number of halogens is 1. The van der Waals surface area contributed by atoms with Gasteiger partial charge in [-0.1, -0.05) is 0 Å². The van der Waals surface area contributed by atoms with Crippen LogP contribution in [0.1, 0.15) is 6.42 Å². The van der Waals surface area contributed by atoms with Crippen molar-refractivity contribution in [2.75, 3.05) is 26.3 Å². The molecule has 1 fully saturated rings. The van der Waals surface area contributed by atoms with Crippen LogP contribution < -0.4 is 10.6 Å². The zero-order chi connectivity index (χ0) is 11.7. The van der Waals surface area contributed by atoms with Crippen LogP contribution in [0.3, 0.4) is 0 Å². The van der Waals surface area contributed by atoms with Crippen molar-refractivity contribution in [3.05, 3.63) is 22.1 Å². The number of allylic oxidation sites excluding steroid dienone is 3. The first-order chi connectivity index (χ1) is 8.33. The summed E-state index contributed by atoms with van der Waals surface area (Å²) in [6.45, 7) is 3.15. The standard InChI is InChI=1S/C11H14BrN3O2/c12-7-5-9-10(17-4-3-16-9)6-8(7)15-11-13-1-2-14-11/h5,11,13-14H,1-4,6H2. The number of hydrogen-bond donors (Lipinski definition) is 2. The highest BCUT2D eigenvalue weighted by molar-refractivity contribution is 9.12. The van der Waals surface area contributed by atoms with E-state index in [9.17, 15) is 0 Å². The predicted octanol–water partition coefficient (Wildman–Crippen LogP) is 0.845. The molecule has 92 valence electrons. The van der Waals surface area contributed by atoms with E-state index in [0.29, 0.717) is 19.6 Å². The Hall–Kier alpha value is -0.850. The first kappa shape index (κ1) is 11.3. The molecule has 0 unspecified atom stereocenters. The fourth-order valence-electron chi connectivity index (χ4n) is 2.01. The molecule has 0 aromatic heterocycles. The normalized spacial score (nSPS) is 27.6. The molecule has 5 nitrogen and oxygen atoms in total. The van der Waals surface area contributed by atoms with Gasteiger partial charge in [-0.05, 0) is 22.0 Å². The lowest BCUT2D eigenvalue weighted by molar-refractivity contribution is 0.0674. The minimum atomic E-state index is 0.0117. The number of aliphatic imine (C=N–C) groups is 1. The molecular weight excluding hydrogens is 286 g/mol. The van der Waals surface area contributed by atoms with E-state index in [1.54, 1.807) is 0 Å². The predicted molar refractivity (Wildman–Crippen MR) is 67.8 cm³/mol. The maximum Gasteiger partial charge on any atom is 0.158 e. The van der Waals surface area contributed by atoms with Crippen molar-refractivity contribution in [1.29, 1.82) is 0 Å². The Labute approximate surface area is 108 Å². The van der Waals surface area contributed by atoms with Gasteiger partial charge in [-0.15, -0.1) is 0 Å². The zero-order valence-electron chi connectivity index (χ0n) is 9.33. The summed E-state index contributed by atoms with van der Waals surface area (Å²) in [7, 11) is 0. The van der Waals surface area contributed by atoms with E-state index in [-0.39, 0.29) is 6.29 Å². The molecule has 6 heteroatoms. The largest absolute Gasteiger partial charge is 0.490 e. The van der Waals surface area contributed by atoms with Gasteiger partial charge in [-0.25, -0.2) is 0 Å². The summed E-state index contributed by atoms with van der Waals surface area (Å²) in [5, 5.41) is 6.52. The summed E-state index contributed by atoms with van der Waals surface area (Å²) in [6.07, 6.45) is 2.63. The van der Waals surface area contributed by atoms with Crippen molar-refractivity contribution >= 4 is 21.6 Å². The summed E-state index contributed by atoms with van der Waals surface area (Å²) >= 11 is 3.53. The Morgan fingerprint density at radius 1 is 1.24 bits per heavy atom. The Morgan fingerprint density at radius 3 is 2.82 bits per heavy atom. The van der Waals surface area contributed by atoms with E-state index < -0.39 is 0 Å². The van der Waals surface area contributed by atoms with Gasteiger partial charge in [0.2, 0.25) is 0 Å². The number of hydrogen-bond acceptors (Lipinski definition) is 5. The topological polar surface area (TPSA) is 54.9 Å². The molecule has 0 radical (unpaired) electrons. The van der Waals surface area contributed by atoms with Gasteiger partial charge in [-0.3, -0.25) is 15.6 Å². The molecule has 3 rings (SSSR count). The monoisotopic (exact) mass is 299 g/mol. The van der Waals surface area contributed by atoms with Gasteiger partial charge in [0.25, 0.3) is 0 Å². The Morgan fingerprint density at radius 2 is 2.00 bits per heavy atom. The van der Waals surface area contributed by atoms with Crippen molar-refractivity contribution in [2.24, 2.45) is 4.99 Å². The van der Waals surface area contributed by atoms with E-state index in [2.05, 4.69) is 31.6 Å². The second-order valence-electron chi connectivity index (χ2n) is 4.04. The van der Waals surface area contributed by atoms with Crippen LogP contribution in [0.2, 0.25) is 0 Å². The minimum absolute atomic E-state index is 0.0117. The highest BCUT2D eigenvalue weighted by atomic mass is 79.9. The van der Waals surface area contributed by atoms with Gasteiger partial charge in [0.05, 0.1) is 12.1 Å². The molecule has 2 N–H and O–H groups in total. The molecule has 1 saturated heterocycles. The average molecular weight is 300 g/mol. The van der Waals surface area contributed by atoms with Crippen molar-refractivity contribution in [3.63, 3.8) is 0 Å². The Kier molecular flexibility index (Phi) is 3.17. The van der Waals surface area contributed by atoms with Crippen molar-refractivity contribution in [1.82, 2.24) is 10.6 Å². The SMILES string of the molecule is BrC1=CC2=C(CC1=NC1NCCN1)OCCO2. The molecule has 2 aliphatic heterocycles. The summed E-state index contributed by atoms with van der Waals surface area (Å²) in [5.74, 6) is 1.71. The first-order valence-electron chi connectivity index (χ1n) is 5.73. The quantitative estimate of drug-likeness (QED) is 0.754. The van der Waals surface area contributed by atoms with Crippen LogP contribution in [-0.4, -0.2) is 38.3 Å². The smallest absolute Gasteiger partial charge is 0.158 e. The summed E-state index contributed by atoms with van der Waals surface area (Å²) < 4.78 is 12.1. The molecular formula is C11H14BrN3O2. The lowest BCUT2D eigenvalue weighted by Crippen LogP contribution is -2.31. The van der Waals surface area contributed by atoms with Crippen LogP contribution in [0.5, 0.6) is 0 Å². The van der Waals surface area contributed by atoms with E-state index in [0.717, 1.165) is 34.8 Å². The number of rotatable bonds is 1. The molecule has 0 atom stereocenters. The molecule has 0 spiro atoms. The van der Waals surface area contributed by atoms with Gasteiger partial charge in [-0.2, -0.15) is 0 Å². The van der Waals surface area contributed by atoms with Crippen LogP contribution in [0, 0.1) is 0 Å². The molecule has 0 amide bonds. The summed E-state index contributed by atoms with van der Waals surface area (Å²) in [4.78, 5) is 4.62. The third-order valence-corrected chi connectivity index (χ3v) is 3.53. The van der Waals surface area contributed by atoms with Gasteiger partial charge in [0.1, 0.15) is 19.0 Å². The fourth-order valence-corrected chi connectivity index (χ4v) is 2.46. The number of ether oxygens (including phenoxy) is 2. The first-order valence-corrected chi connectivity index (χ1v) is 6.52. The van der Waals surface area contributed by atoms with Crippen LogP contribution in [0.25, 0.3) is 0 Å². The molecule has 0 bridgehead atoms. The van der Waals surface area contributed by atoms with Gasteiger partial charge in [0.15, 0.2) is 12.0 Å². The fraction of sp³-hybridized carbons (Fsp3) is 0.545. The van der Waals surface area contributed by atoms with E-state index in [1.165, 1.54) is 0 Å². The lowest BCUT2D eigenvalue weighted by atomic mass is 10.1. The number of nitrogens with one attached hydrogen (secondary N) is 2. The van der Waals surface area contributed by atoms with Gasteiger partial charge >= 0.3 is 0 Å². The molecule has 0 saturated carbocycles. The van der Waals surface area contributed by atoms with E-state index in [4.69, 9.17) is 9.47 Å². The molecule has 0 aromatic carbocycles. The minimum Gasteiger partial charge on any atom is -0.490 e. The van der Waals surface area contributed by atoms with Crippen LogP contribution >= 0.6 is 15.9 Å². The molecule has 17 heavy (non-hydrogen) atoms. The van der Waals surface area contributed by atoms with Gasteiger partial charge in [0, 0.05) is 17.6 Å². The highest BCUT2D eigenvalue weighted by Crippen LogP contribution is 2.29. The molecule has 1 aliphatic carbocycles. The van der Waals surface area contributed by atoms with Crippen LogP contribution in [0.4, 0.5) is 0 Å². The van der Waals surface area contributed by atoms with Gasteiger partial charge < -0.3 is 9.47 Å². The third-order valence-electron chi connectivity index (χ3n) is 2.84. The van der Waals surface area contributed by atoms with Crippen LogP contribution in [0.15, 0.2) is 27.1 Å². The van der Waals surface area contributed by atoms with E-state index in [1.807, 2.05) is 6.08 Å². The second-order valence-corrected chi connectivity index (χ2v) is 4.89. The van der Waals surface area contributed by atoms with E-state index >= 15 is 0 Å². The zero-order valence-corrected chi connectivity index (χ0v) is 10.9. The van der Waals surface area contributed by atoms with Crippen molar-refractivity contribution in [3.8, 4) is 0 Å². The molecule has 3 aliphatic rings. The average Bonchev–Trinajstić information content (AvgIpc) is 2.83. The second kappa shape index (κ2) is 4.80. The highest BCUT2D eigenvalue weighted by Gasteiger charge is 2.24. The molecule has 2 heterocycles. The van der Waals surface area contributed by atoms with Crippen LogP contribution in [-0.2, 0) is 9.47 Å². The van der Waals surface area contributed by atoms with Crippen molar-refractivity contribution < 1.29 is 9.47 Å². The number of nitrogens with zero attached hydrogens (tertiary/aromatic N) is 1. The maximum atomic E-state index is 5.59. The lowest BCUT2D eigenvalue weighted by Gasteiger charge is -2.24. The summed E-state index contributed by atoms with van der Waals surface area (Å²) in [5.41, 5.74) is 0.987. The Balaban J connectivity index is 1.80. The Bertz CT molecular complexity index is 411.